The predicted molar refractivity (Wildman–Crippen MR) is 113 cm³/mol. The van der Waals surface area contributed by atoms with Gasteiger partial charge in [0.25, 0.3) is 5.91 Å². The van der Waals surface area contributed by atoms with Crippen molar-refractivity contribution in [1.29, 1.82) is 0 Å². The van der Waals surface area contributed by atoms with Gasteiger partial charge >= 0.3 is 0 Å². The van der Waals surface area contributed by atoms with Gasteiger partial charge in [0.05, 0.1) is 11.9 Å². The molecular weight excluding hydrogens is 374 g/mol. The van der Waals surface area contributed by atoms with Gasteiger partial charge in [-0.05, 0) is 55.7 Å². The normalized spacial score (nSPS) is 14.2. The van der Waals surface area contributed by atoms with Gasteiger partial charge in [-0.25, -0.2) is 8.42 Å². The molecule has 1 amide bonds. The van der Waals surface area contributed by atoms with Crippen LogP contribution in [0.4, 0.5) is 11.4 Å². The van der Waals surface area contributed by atoms with Crippen molar-refractivity contribution in [2.75, 3.05) is 22.4 Å². The van der Waals surface area contributed by atoms with Crippen molar-refractivity contribution in [3.63, 3.8) is 0 Å². The van der Waals surface area contributed by atoms with E-state index >= 15 is 0 Å². The van der Waals surface area contributed by atoms with Crippen molar-refractivity contribution in [1.82, 2.24) is 4.57 Å². The maximum atomic E-state index is 12.9. The van der Waals surface area contributed by atoms with E-state index in [2.05, 4.69) is 11.4 Å². The highest BCUT2D eigenvalue weighted by Crippen LogP contribution is 2.32. The van der Waals surface area contributed by atoms with E-state index in [1.807, 2.05) is 48.9 Å². The first-order valence-electron chi connectivity index (χ1n) is 9.22. The Balaban J connectivity index is 1.67. The van der Waals surface area contributed by atoms with Crippen molar-refractivity contribution in [3.05, 3.63) is 59.3 Å². The highest BCUT2D eigenvalue weighted by molar-refractivity contribution is 7.92. The monoisotopic (exact) mass is 397 g/mol. The highest BCUT2D eigenvalue weighted by Gasteiger charge is 2.24. The molecule has 0 spiro atoms. The Morgan fingerprint density at radius 2 is 1.89 bits per heavy atom. The number of nitrogens with zero attached hydrogens (tertiary/aromatic N) is 2. The fourth-order valence-corrected chi connectivity index (χ4v) is 4.83. The maximum absolute atomic E-state index is 12.9. The third-order valence-electron chi connectivity index (χ3n) is 5.25. The average molecular weight is 398 g/mol. The van der Waals surface area contributed by atoms with Crippen LogP contribution in [-0.2, 0) is 23.5 Å². The summed E-state index contributed by atoms with van der Waals surface area (Å²) in [7, 11) is -1.48. The summed E-state index contributed by atoms with van der Waals surface area (Å²) in [5.74, 6) is -0.224. The Kier molecular flexibility index (Phi) is 4.42. The van der Waals surface area contributed by atoms with Crippen LogP contribution in [0.2, 0.25) is 0 Å². The van der Waals surface area contributed by atoms with Gasteiger partial charge in [0.15, 0.2) is 0 Å². The first-order valence-corrected chi connectivity index (χ1v) is 11.1. The molecule has 1 aliphatic rings. The molecule has 0 fully saturated rings. The number of carbonyl (C=O) groups excluding carboxylic acids is 1. The van der Waals surface area contributed by atoms with Crippen molar-refractivity contribution in [2.24, 2.45) is 7.05 Å². The predicted octanol–water partition coefficient (Wildman–Crippen LogP) is 3.45. The quantitative estimate of drug-likeness (QED) is 0.736. The lowest BCUT2D eigenvalue weighted by Crippen LogP contribution is -2.34. The van der Waals surface area contributed by atoms with Crippen molar-refractivity contribution in [2.45, 2.75) is 19.8 Å². The van der Waals surface area contributed by atoms with Crippen LogP contribution in [-0.4, -0.2) is 31.7 Å². The van der Waals surface area contributed by atoms with Gasteiger partial charge in [-0.2, -0.15) is 0 Å². The second-order valence-corrected chi connectivity index (χ2v) is 9.29. The first-order chi connectivity index (χ1) is 13.2. The molecule has 0 saturated carbocycles. The van der Waals surface area contributed by atoms with Crippen molar-refractivity contribution in [3.8, 4) is 0 Å². The van der Waals surface area contributed by atoms with Crippen molar-refractivity contribution >= 4 is 38.2 Å². The van der Waals surface area contributed by atoms with Crippen LogP contribution >= 0.6 is 0 Å². The molecule has 4 rings (SSSR count). The van der Waals surface area contributed by atoms with Gasteiger partial charge in [-0.3, -0.25) is 9.10 Å². The van der Waals surface area contributed by atoms with E-state index in [1.54, 1.807) is 6.07 Å². The summed E-state index contributed by atoms with van der Waals surface area (Å²) in [6.07, 6.45) is 2.84. The second-order valence-electron chi connectivity index (χ2n) is 7.39. The first kappa shape index (κ1) is 18.6. The number of aromatic nitrogens is 1. The minimum absolute atomic E-state index is 0.224. The number of fused-ring (bicyclic) bond motifs is 2. The van der Waals surface area contributed by atoms with E-state index in [4.69, 9.17) is 0 Å². The number of rotatable bonds is 3. The topological polar surface area (TPSA) is 71.4 Å². The van der Waals surface area contributed by atoms with E-state index in [-0.39, 0.29) is 5.91 Å². The molecule has 146 valence electrons. The third-order valence-corrected chi connectivity index (χ3v) is 6.43. The lowest BCUT2D eigenvalue weighted by atomic mass is 10.0. The fourth-order valence-electron chi connectivity index (χ4n) is 3.85. The fraction of sp³-hybridized carbons (Fsp3) is 0.286. The molecule has 3 aromatic rings. The minimum atomic E-state index is -3.35. The summed E-state index contributed by atoms with van der Waals surface area (Å²) in [5, 5.41) is 3.93. The van der Waals surface area contributed by atoms with Gasteiger partial charge in [-0.15, -0.1) is 0 Å². The lowest BCUT2D eigenvalue weighted by molar-refractivity contribution is 0.101. The number of aryl methyl sites for hydroxylation is 3. The number of amides is 1. The smallest absolute Gasteiger partial charge is 0.272 e. The van der Waals surface area contributed by atoms with Gasteiger partial charge in [0.1, 0.15) is 5.69 Å². The molecule has 0 atom stereocenters. The second kappa shape index (κ2) is 6.67. The molecule has 1 aromatic heterocycles. The zero-order valence-corrected chi connectivity index (χ0v) is 17.0. The number of carbonyl (C=O) groups is 1. The van der Waals surface area contributed by atoms with Crippen LogP contribution in [0.15, 0.2) is 42.5 Å². The lowest BCUT2D eigenvalue weighted by Gasteiger charge is -2.29. The van der Waals surface area contributed by atoms with Gasteiger partial charge in [-0.1, -0.05) is 17.7 Å². The molecule has 0 saturated heterocycles. The largest absolute Gasteiger partial charge is 0.340 e. The molecule has 0 radical (unpaired) electrons. The summed E-state index contributed by atoms with van der Waals surface area (Å²) in [6, 6.07) is 13.4. The van der Waals surface area contributed by atoms with Crippen LogP contribution in [0.3, 0.4) is 0 Å². The zero-order chi connectivity index (χ0) is 20.1. The Hall–Kier alpha value is -2.80. The molecule has 2 aromatic carbocycles. The molecule has 28 heavy (non-hydrogen) atoms. The number of nitrogens with one attached hydrogen (secondary N) is 1. The van der Waals surface area contributed by atoms with E-state index < -0.39 is 10.0 Å². The molecule has 2 heterocycles. The number of sulfonamides is 1. The Morgan fingerprint density at radius 1 is 1.11 bits per heavy atom. The van der Waals surface area contributed by atoms with Crippen LogP contribution < -0.4 is 9.62 Å². The average Bonchev–Trinajstić information content (AvgIpc) is 2.96. The summed E-state index contributed by atoms with van der Waals surface area (Å²) >= 11 is 0. The SMILES string of the molecule is Cc1ccc2c(c1)cc(C(=O)Nc1ccc3c(c1)N(S(C)(=O)=O)CCC3)n2C. The summed E-state index contributed by atoms with van der Waals surface area (Å²) in [6.45, 7) is 2.48. The van der Waals surface area contributed by atoms with E-state index in [0.29, 0.717) is 23.6 Å². The third kappa shape index (κ3) is 3.26. The van der Waals surface area contributed by atoms with Gasteiger partial charge in [0, 0.05) is 30.2 Å². The standard InChI is InChI=1S/C21H23N3O3S/c1-14-6-9-18-16(11-14)12-20(23(18)2)21(25)22-17-8-7-15-5-4-10-24(19(15)13-17)28(3,26)27/h6-9,11-13H,4-5,10H2,1-3H3,(H,22,25). The molecular formula is C21H23N3O3S. The maximum Gasteiger partial charge on any atom is 0.272 e. The van der Waals surface area contributed by atoms with E-state index in [9.17, 15) is 13.2 Å². The Labute approximate surface area is 164 Å². The number of anilines is 2. The molecule has 0 unspecified atom stereocenters. The summed E-state index contributed by atoms with van der Waals surface area (Å²) in [5.41, 5.74) is 4.90. The Morgan fingerprint density at radius 3 is 2.64 bits per heavy atom. The number of benzene rings is 2. The Bertz CT molecular complexity index is 1200. The summed E-state index contributed by atoms with van der Waals surface area (Å²) < 4.78 is 27.5. The van der Waals surface area contributed by atoms with Gasteiger partial charge < -0.3 is 9.88 Å². The highest BCUT2D eigenvalue weighted by atomic mass is 32.2. The van der Waals surface area contributed by atoms with Crippen LogP contribution in [0.5, 0.6) is 0 Å². The van der Waals surface area contributed by atoms with Gasteiger partial charge in [0.2, 0.25) is 10.0 Å². The molecule has 1 aliphatic heterocycles. The molecule has 0 aliphatic carbocycles. The molecule has 7 heteroatoms. The van der Waals surface area contributed by atoms with E-state index in [1.165, 1.54) is 10.6 Å². The molecule has 1 N–H and O–H groups in total. The number of hydrogen-bond acceptors (Lipinski definition) is 3. The molecule has 6 nitrogen and oxygen atoms in total. The van der Waals surface area contributed by atoms with E-state index in [0.717, 1.165) is 34.9 Å². The van der Waals surface area contributed by atoms with Crippen LogP contribution in [0.25, 0.3) is 10.9 Å². The number of hydrogen-bond donors (Lipinski definition) is 1. The minimum Gasteiger partial charge on any atom is -0.340 e. The van der Waals surface area contributed by atoms with Crippen LogP contribution in [0, 0.1) is 6.92 Å². The summed E-state index contributed by atoms with van der Waals surface area (Å²) in [4.78, 5) is 12.9. The molecule has 0 bridgehead atoms. The zero-order valence-electron chi connectivity index (χ0n) is 16.2. The van der Waals surface area contributed by atoms with Crippen LogP contribution in [0.1, 0.15) is 28.0 Å². The van der Waals surface area contributed by atoms with Crippen molar-refractivity contribution < 1.29 is 13.2 Å².